The molecule has 1 aliphatic rings. The number of thiophene rings is 1. The minimum atomic E-state index is -0.413. The van der Waals surface area contributed by atoms with E-state index in [9.17, 15) is 4.79 Å². The third-order valence-electron chi connectivity index (χ3n) is 5.60. The monoisotopic (exact) mass is 448 g/mol. The molecule has 1 aliphatic carbocycles. The number of nitrogens with two attached hydrogens (primary N) is 1. The lowest BCUT2D eigenvalue weighted by molar-refractivity contribution is 0.0528. The number of carbonyl (C=O) groups is 1. The van der Waals surface area contributed by atoms with Crippen LogP contribution in [0.25, 0.3) is 10.1 Å². The largest absolute Gasteiger partial charge is 0.462 e. The van der Waals surface area contributed by atoms with Crippen LogP contribution in [0.4, 0.5) is 5.00 Å². The van der Waals surface area contributed by atoms with Crippen LogP contribution in [0, 0.1) is 5.41 Å². The average Bonchev–Trinajstić information content (AvgIpc) is 3.10. The van der Waals surface area contributed by atoms with Crippen molar-refractivity contribution >= 4 is 55.4 Å². The van der Waals surface area contributed by atoms with E-state index in [0.29, 0.717) is 40.2 Å². The highest BCUT2D eigenvalue weighted by molar-refractivity contribution is 7.23. The number of esters is 1. The van der Waals surface area contributed by atoms with Crippen LogP contribution in [0.15, 0.2) is 23.2 Å². The summed E-state index contributed by atoms with van der Waals surface area (Å²) in [6.45, 7) is 2.97. The number of nitrogens with zero attached hydrogens (tertiary/aromatic N) is 2. The molecular weight excluding hydrogens is 420 g/mol. The van der Waals surface area contributed by atoms with E-state index in [-0.39, 0.29) is 5.17 Å². The second kappa shape index (κ2) is 10.5. The van der Waals surface area contributed by atoms with Crippen LogP contribution in [0.2, 0.25) is 0 Å². The predicted molar refractivity (Wildman–Crippen MR) is 126 cm³/mol. The summed E-state index contributed by atoms with van der Waals surface area (Å²) in [7, 11) is 2.15. The SMILES string of the molecule is CCOC(=O)c1cccc2sc(/N=C\CCN(C)[C@H]3CC[C@H](N)CC3)c(C(=N)Cl)c12. The highest BCUT2D eigenvalue weighted by Crippen LogP contribution is 2.40. The van der Waals surface area contributed by atoms with Crippen molar-refractivity contribution in [3.8, 4) is 0 Å². The first-order valence-corrected chi connectivity index (χ1v) is 11.6. The molecule has 30 heavy (non-hydrogen) atoms. The van der Waals surface area contributed by atoms with Gasteiger partial charge in [-0.05, 0) is 58.2 Å². The second-order valence-electron chi connectivity index (χ2n) is 7.64. The zero-order valence-corrected chi connectivity index (χ0v) is 19.1. The highest BCUT2D eigenvalue weighted by atomic mass is 35.5. The van der Waals surface area contributed by atoms with E-state index in [1.165, 1.54) is 11.3 Å². The zero-order chi connectivity index (χ0) is 21.7. The highest BCUT2D eigenvalue weighted by Gasteiger charge is 2.22. The molecule has 1 fully saturated rings. The van der Waals surface area contributed by atoms with Crippen molar-refractivity contribution in [1.82, 2.24) is 4.90 Å². The summed E-state index contributed by atoms with van der Waals surface area (Å²) in [5.74, 6) is -0.413. The minimum Gasteiger partial charge on any atom is -0.462 e. The van der Waals surface area contributed by atoms with Gasteiger partial charge in [0.25, 0.3) is 0 Å². The fourth-order valence-corrected chi connectivity index (χ4v) is 5.29. The average molecular weight is 449 g/mol. The smallest absolute Gasteiger partial charge is 0.338 e. The summed E-state index contributed by atoms with van der Waals surface area (Å²) in [6, 6.07) is 6.36. The molecule has 2 aromatic rings. The number of halogens is 1. The van der Waals surface area contributed by atoms with Gasteiger partial charge in [0, 0.05) is 34.9 Å². The summed E-state index contributed by atoms with van der Waals surface area (Å²) < 4.78 is 6.03. The van der Waals surface area contributed by atoms with Gasteiger partial charge in [0.15, 0.2) is 0 Å². The number of carbonyl (C=O) groups excluding carboxylic acids is 1. The summed E-state index contributed by atoms with van der Waals surface area (Å²) in [5.41, 5.74) is 6.92. The molecule has 0 bridgehead atoms. The Balaban J connectivity index is 1.75. The van der Waals surface area contributed by atoms with E-state index in [0.717, 1.165) is 43.3 Å². The van der Waals surface area contributed by atoms with E-state index in [2.05, 4.69) is 16.9 Å². The summed E-state index contributed by atoms with van der Waals surface area (Å²) >= 11 is 7.54. The topological polar surface area (TPSA) is 91.8 Å². The van der Waals surface area contributed by atoms with Crippen LogP contribution in [0.1, 0.15) is 54.9 Å². The molecule has 0 radical (unpaired) electrons. The Morgan fingerprint density at radius 2 is 2.13 bits per heavy atom. The lowest BCUT2D eigenvalue weighted by Crippen LogP contribution is -2.39. The van der Waals surface area contributed by atoms with Crippen molar-refractivity contribution in [2.75, 3.05) is 20.2 Å². The van der Waals surface area contributed by atoms with Gasteiger partial charge in [0.2, 0.25) is 0 Å². The number of ether oxygens (including phenoxy) is 1. The van der Waals surface area contributed by atoms with Crippen LogP contribution in [0.3, 0.4) is 0 Å². The molecule has 1 heterocycles. The molecule has 1 aromatic heterocycles. The predicted octanol–water partition coefficient (Wildman–Crippen LogP) is 4.94. The van der Waals surface area contributed by atoms with Gasteiger partial charge in [0.1, 0.15) is 10.2 Å². The maximum Gasteiger partial charge on any atom is 0.338 e. The number of hydrogen-bond acceptors (Lipinski definition) is 7. The Hall–Kier alpha value is -1.80. The van der Waals surface area contributed by atoms with Crippen molar-refractivity contribution < 1.29 is 9.53 Å². The van der Waals surface area contributed by atoms with Gasteiger partial charge in [0.05, 0.1) is 17.7 Å². The molecule has 3 rings (SSSR count). The lowest BCUT2D eigenvalue weighted by atomic mass is 9.91. The standard InChI is InChI=1S/C22H29ClN4O2S/c1-3-29-22(28)16-6-4-7-17-18(16)19(20(23)25)21(30-17)26-12-5-13-27(2)15-10-8-14(24)9-11-15/h4,6-7,12,14-15,25H,3,5,8-11,13,24H2,1-2H3/b25-20?,26-12-/t14-,15-. The number of benzene rings is 1. The number of nitrogens with one attached hydrogen (secondary N) is 1. The maximum absolute atomic E-state index is 12.4. The fraction of sp³-hybridized carbons (Fsp3) is 0.500. The molecule has 0 saturated heterocycles. The molecule has 0 aliphatic heterocycles. The van der Waals surface area contributed by atoms with Gasteiger partial charge >= 0.3 is 5.97 Å². The van der Waals surface area contributed by atoms with E-state index in [4.69, 9.17) is 27.5 Å². The van der Waals surface area contributed by atoms with Gasteiger partial charge in [-0.15, -0.1) is 11.3 Å². The van der Waals surface area contributed by atoms with E-state index < -0.39 is 5.97 Å². The normalized spacial score (nSPS) is 19.6. The van der Waals surface area contributed by atoms with Crippen molar-refractivity contribution in [2.45, 2.75) is 51.1 Å². The molecule has 3 N–H and O–H groups in total. The van der Waals surface area contributed by atoms with Gasteiger partial charge in [-0.2, -0.15) is 0 Å². The van der Waals surface area contributed by atoms with Crippen molar-refractivity contribution in [2.24, 2.45) is 10.7 Å². The first-order chi connectivity index (χ1) is 14.4. The van der Waals surface area contributed by atoms with Crippen molar-refractivity contribution in [3.63, 3.8) is 0 Å². The van der Waals surface area contributed by atoms with Crippen molar-refractivity contribution in [3.05, 3.63) is 29.3 Å². The third kappa shape index (κ3) is 5.27. The third-order valence-corrected chi connectivity index (χ3v) is 6.85. The molecule has 8 heteroatoms. The van der Waals surface area contributed by atoms with Gasteiger partial charge < -0.3 is 15.4 Å². The molecule has 0 atom stereocenters. The number of hydrogen-bond donors (Lipinski definition) is 2. The number of fused-ring (bicyclic) bond motifs is 1. The minimum absolute atomic E-state index is 0.124. The molecule has 0 unspecified atom stereocenters. The zero-order valence-electron chi connectivity index (χ0n) is 17.5. The second-order valence-corrected chi connectivity index (χ2v) is 9.05. The van der Waals surface area contributed by atoms with Crippen LogP contribution in [0.5, 0.6) is 0 Å². The Labute approximate surface area is 186 Å². The van der Waals surface area contributed by atoms with Gasteiger partial charge in [-0.3, -0.25) is 5.41 Å². The van der Waals surface area contributed by atoms with Crippen LogP contribution >= 0.6 is 22.9 Å². The molecule has 1 aromatic carbocycles. The fourth-order valence-electron chi connectivity index (χ4n) is 3.94. The lowest BCUT2D eigenvalue weighted by Gasteiger charge is -2.33. The maximum atomic E-state index is 12.4. The molecule has 0 spiro atoms. The molecule has 6 nitrogen and oxygen atoms in total. The summed E-state index contributed by atoms with van der Waals surface area (Å²) in [5, 5.41) is 9.21. The van der Waals surface area contributed by atoms with E-state index in [1.807, 2.05) is 18.3 Å². The molecule has 162 valence electrons. The van der Waals surface area contributed by atoms with Gasteiger partial charge in [-0.25, -0.2) is 9.79 Å². The molecule has 1 saturated carbocycles. The number of aliphatic imine (C=N–C) groups is 1. The number of rotatable bonds is 8. The molecule has 0 amide bonds. The van der Waals surface area contributed by atoms with Crippen LogP contribution in [-0.4, -0.2) is 54.5 Å². The summed E-state index contributed by atoms with van der Waals surface area (Å²) in [4.78, 5) is 19.4. The first-order valence-electron chi connectivity index (χ1n) is 10.4. The quantitative estimate of drug-likeness (QED) is 0.442. The Kier molecular flexibility index (Phi) is 7.99. The summed E-state index contributed by atoms with van der Waals surface area (Å²) in [6.07, 6.45) is 7.16. The van der Waals surface area contributed by atoms with Crippen LogP contribution < -0.4 is 5.73 Å². The van der Waals surface area contributed by atoms with Crippen LogP contribution in [-0.2, 0) is 4.74 Å². The van der Waals surface area contributed by atoms with Crippen molar-refractivity contribution in [1.29, 1.82) is 5.41 Å². The Morgan fingerprint density at radius 3 is 2.80 bits per heavy atom. The van der Waals surface area contributed by atoms with E-state index >= 15 is 0 Å². The van der Waals surface area contributed by atoms with E-state index in [1.54, 1.807) is 13.0 Å². The molecular formula is C22H29ClN4O2S. The van der Waals surface area contributed by atoms with Gasteiger partial charge in [-0.1, -0.05) is 17.7 Å². The first kappa shape index (κ1) is 22.9. The Morgan fingerprint density at radius 1 is 1.40 bits per heavy atom. The Bertz CT molecular complexity index is 935.